The minimum absolute atomic E-state index is 0.382. The van der Waals surface area contributed by atoms with Crippen LogP contribution in [-0.4, -0.2) is 25.2 Å². The molecule has 0 saturated carbocycles. The predicted octanol–water partition coefficient (Wildman–Crippen LogP) is 0.555. The van der Waals surface area contributed by atoms with Crippen molar-refractivity contribution in [3.63, 3.8) is 0 Å². The van der Waals surface area contributed by atoms with Gasteiger partial charge in [0.2, 0.25) is 0 Å². The first-order chi connectivity index (χ1) is 7.87. The number of carboxylic acids is 1. The molecule has 0 fully saturated rings. The van der Waals surface area contributed by atoms with E-state index in [0.717, 1.165) is 0 Å². The molecule has 0 aliphatic heterocycles. The molecule has 2 aromatic rings. The second kappa shape index (κ2) is 3.44. The maximum atomic E-state index is 12.1. The van der Waals surface area contributed by atoms with Crippen molar-refractivity contribution >= 4 is 17.1 Å². The quantitative estimate of drug-likeness (QED) is 0.824. The van der Waals surface area contributed by atoms with Crippen molar-refractivity contribution in [3.05, 3.63) is 28.8 Å². The number of aryl methyl sites for hydroxylation is 1. The molecule has 0 aliphatic carbocycles. The number of fused-ring (bicyclic) bond motifs is 1. The maximum Gasteiger partial charge on any atom is 0.331 e. The average molecular weight is 235 g/mol. The molecular formula is C11H13N3O3. The first-order valence-electron chi connectivity index (χ1n) is 5.13. The van der Waals surface area contributed by atoms with Crippen molar-refractivity contribution in [2.45, 2.75) is 19.4 Å². The highest BCUT2D eigenvalue weighted by atomic mass is 16.4. The normalized spacial score (nSPS) is 11.9. The molecule has 6 heteroatoms. The zero-order valence-corrected chi connectivity index (χ0v) is 9.84. The van der Waals surface area contributed by atoms with Crippen LogP contribution in [-0.2, 0) is 17.4 Å². The Morgan fingerprint density at radius 1 is 1.47 bits per heavy atom. The number of rotatable bonds is 2. The second-order valence-corrected chi connectivity index (χ2v) is 4.39. The van der Waals surface area contributed by atoms with Gasteiger partial charge in [-0.3, -0.25) is 9.13 Å². The molecule has 90 valence electrons. The smallest absolute Gasteiger partial charge is 0.331 e. The Balaban J connectivity index is 2.92. The van der Waals surface area contributed by atoms with Gasteiger partial charge in [-0.2, -0.15) is 0 Å². The van der Waals surface area contributed by atoms with Crippen LogP contribution >= 0.6 is 0 Å². The predicted molar refractivity (Wildman–Crippen MR) is 61.9 cm³/mol. The summed E-state index contributed by atoms with van der Waals surface area (Å²) in [7, 11) is 1.60. The van der Waals surface area contributed by atoms with E-state index in [1.807, 2.05) is 0 Å². The van der Waals surface area contributed by atoms with E-state index in [4.69, 9.17) is 0 Å². The monoisotopic (exact) mass is 235 g/mol. The van der Waals surface area contributed by atoms with Crippen LogP contribution in [0.25, 0.3) is 11.2 Å². The number of aromatic nitrogens is 3. The molecule has 0 amide bonds. The fraction of sp³-hybridized carbons (Fsp3) is 0.364. The van der Waals surface area contributed by atoms with Crippen molar-refractivity contribution in [2.75, 3.05) is 0 Å². The molecule has 1 N–H and O–H groups in total. The van der Waals surface area contributed by atoms with Gasteiger partial charge in [0.15, 0.2) is 5.65 Å². The van der Waals surface area contributed by atoms with Crippen molar-refractivity contribution < 1.29 is 9.90 Å². The fourth-order valence-corrected chi connectivity index (χ4v) is 1.77. The van der Waals surface area contributed by atoms with Gasteiger partial charge in [-0.15, -0.1) is 0 Å². The average Bonchev–Trinajstić information content (AvgIpc) is 2.52. The topological polar surface area (TPSA) is 77.1 Å². The van der Waals surface area contributed by atoms with E-state index < -0.39 is 11.5 Å². The summed E-state index contributed by atoms with van der Waals surface area (Å²) in [6, 6.07) is 3.44. The van der Waals surface area contributed by atoms with Crippen LogP contribution in [0.15, 0.2) is 23.1 Å². The second-order valence-electron chi connectivity index (χ2n) is 4.39. The molecular weight excluding hydrogens is 222 g/mol. The van der Waals surface area contributed by atoms with Gasteiger partial charge in [0.25, 0.3) is 0 Å². The summed E-state index contributed by atoms with van der Waals surface area (Å²) in [5.41, 5.74) is -0.712. The molecule has 0 aromatic carbocycles. The lowest BCUT2D eigenvalue weighted by Gasteiger charge is -2.20. The summed E-state index contributed by atoms with van der Waals surface area (Å²) in [5.74, 6) is -1.07. The third-order valence-electron chi connectivity index (χ3n) is 2.90. The molecule has 2 aromatic heterocycles. The molecule has 6 nitrogen and oxygen atoms in total. The van der Waals surface area contributed by atoms with Gasteiger partial charge in [0.05, 0.1) is 5.52 Å². The van der Waals surface area contributed by atoms with E-state index in [1.165, 1.54) is 29.2 Å². The standard InChI is InChI=1S/C11H13N3O3/c1-11(2,9(15)16)14-8-7(5-4-6-12-8)13(3)10(14)17/h4-6H,1-3H3,(H,15,16). The molecule has 0 aliphatic rings. The van der Waals surface area contributed by atoms with Crippen LogP contribution in [0.1, 0.15) is 13.8 Å². The summed E-state index contributed by atoms with van der Waals surface area (Å²) < 4.78 is 2.59. The van der Waals surface area contributed by atoms with E-state index in [0.29, 0.717) is 11.2 Å². The number of carboxylic acid groups (broad SMARTS) is 1. The molecule has 0 atom stereocenters. The lowest BCUT2D eigenvalue weighted by molar-refractivity contribution is -0.145. The Bertz CT molecular complexity index is 652. The third kappa shape index (κ3) is 1.44. The third-order valence-corrected chi connectivity index (χ3v) is 2.90. The summed E-state index contributed by atoms with van der Waals surface area (Å²) >= 11 is 0. The van der Waals surface area contributed by atoms with Gasteiger partial charge in [-0.25, -0.2) is 14.6 Å². The number of imidazole rings is 1. The minimum atomic E-state index is -1.33. The van der Waals surface area contributed by atoms with Crippen LogP contribution in [0.2, 0.25) is 0 Å². The van der Waals surface area contributed by atoms with E-state index in [1.54, 1.807) is 19.2 Å². The van der Waals surface area contributed by atoms with E-state index in [9.17, 15) is 14.7 Å². The van der Waals surface area contributed by atoms with Crippen LogP contribution in [0.4, 0.5) is 0 Å². The van der Waals surface area contributed by atoms with Gasteiger partial charge in [0, 0.05) is 13.2 Å². The van der Waals surface area contributed by atoms with Crippen LogP contribution in [0.3, 0.4) is 0 Å². The molecule has 2 heterocycles. The first kappa shape index (κ1) is 11.4. The van der Waals surface area contributed by atoms with Gasteiger partial charge in [-0.05, 0) is 26.0 Å². The SMILES string of the molecule is Cn1c(=O)n(C(C)(C)C(=O)O)c2ncccc21. The molecule has 0 saturated heterocycles. The highest BCUT2D eigenvalue weighted by Gasteiger charge is 2.34. The molecule has 0 unspecified atom stereocenters. The Hall–Kier alpha value is -2.11. The van der Waals surface area contributed by atoms with Gasteiger partial charge < -0.3 is 5.11 Å². The molecule has 17 heavy (non-hydrogen) atoms. The molecule has 0 bridgehead atoms. The Morgan fingerprint density at radius 2 is 2.12 bits per heavy atom. The highest BCUT2D eigenvalue weighted by Crippen LogP contribution is 2.19. The van der Waals surface area contributed by atoms with Crippen LogP contribution in [0, 0.1) is 0 Å². The molecule has 2 rings (SSSR count). The van der Waals surface area contributed by atoms with Crippen molar-refractivity contribution in [2.24, 2.45) is 7.05 Å². The number of hydrogen-bond acceptors (Lipinski definition) is 3. The molecule has 0 radical (unpaired) electrons. The lowest BCUT2D eigenvalue weighted by Crippen LogP contribution is -2.42. The number of nitrogens with zero attached hydrogens (tertiary/aromatic N) is 3. The minimum Gasteiger partial charge on any atom is -0.480 e. The van der Waals surface area contributed by atoms with Crippen molar-refractivity contribution in [3.8, 4) is 0 Å². The van der Waals surface area contributed by atoms with Gasteiger partial charge >= 0.3 is 11.7 Å². The van der Waals surface area contributed by atoms with Crippen LogP contribution in [0.5, 0.6) is 0 Å². The first-order valence-corrected chi connectivity index (χ1v) is 5.13. The summed E-state index contributed by atoms with van der Waals surface area (Å²) in [6.07, 6.45) is 1.54. The van der Waals surface area contributed by atoms with Crippen molar-refractivity contribution in [1.29, 1.82) is 0 Å². The van der Waals surface area contributed by atoms with Gasteiger partial charge in [0.1, 0.15) is 5.54 Å². The lowest BCUT2D eigenvalue weighted by atomic mass is 10.1. The maximum absolute atomic E-state index is 12.1. The number of hydrogen-bond donors (Lipinski definition) is 1. The molecule has 0 spiro atoms. The highest BCUT2D eigenvalue weighted by molar-refractivity contribution is 5.80. The number of aliphatic carboxylic acids is 1. The Labute approximate surface area is 97.1 Å². The van der Waals surface area contributed by atoms with E-state index >= 15 is 0 Å². The van der Waals surface area contributed by atoms with E-state index in [-0.39, 0.29) is 5.69 Å². The van der Waals surface area contributed by atoms with Crippen molar-refractivity contribution in [1.82, 2.24) is 14.1 Å². The van der Waals surface area contributed by atoms with E-state index in [2.05, 4.69) is 4.98 Å². The zero-order chi connectivity index (χ0) is 12.8. The Kier molecular flexibility index (Phi) is 2.30. The van der Waals surface area contributed by atoms with Crippen LogP contribution < -0.4 is 5.69 Å². The largest absolute Gasteiger partial charge is 0.480 e. The summed E-state index contributed by atoms with van der Waals surface area (Å²) in [4.78, 5) is 27.4. The summed E-state index contributed by atoms with van der Waals surface area (Å²) in [5, 5.41) is 9.19. The van der Waals surface area contributed by atoms with Gasteiger partial charge in [-0.1, -0.05) is 0 Å². The zero-order valence-electron chi connectivity index (χ0n) is 9.84. The fourth-order valence-electron chi connectivity index (χ4n) is 1.77. The summed E-state index contributed by atoms with van der Waals surface area (Å²) in [6.45, 7) is 2.95. The number of carbonyl (C=O) groups is 1. The number of pyridine rings is 1. The Morgan fingerprint density at radius 3 is 2.71 bits per heavy atom.